The molecular weight excluding hydrogens is 406 g/mol. The van der Waals surface area contributed by atoms with Crippen LogP contribution in [0.1, 0.15) is 66.7 Å². The van der Waals surface area contributed by atoms with E-state index >= 15 is 0 Å². The molecule has 0 saturated carbocycles. The Morgan fingerprint density at radius 3 is 2.53 bits per heavy atom. The fourth-order valence-corrected chi connectivity index (χ4v) is 5.99. The van der Waals surface area contributed by atoms with Crippen LogP contribution in [-0.4, -0.2) is 11.4 Å². The average Bonchev–Trinajstić information content (AvgIpc) is 2.93. The van der Waals surface area contributed by atoms with E-state index in [0.29, 0.717) is 11.3 Å². The Kier molecular flexibility index (Phi) is 3.84. The van der Waals surface area contributed by atoms with Crippen molar-refractivity contribution in [2.24, 2.45) is 5.73 Å². The number of benzene rings is 1. The van der Waals surface area contributed by atoms with Gasteiger partial charge in [-0.05, 0) is 63.6 Å². The zero-order valence-electron chi connectivity index (χ0n) is 19.0. The first-order valence-corrected chi connectivity index (χ1v) is 10.7. The molecule has 32 heavy (non-hydrogen) atoms. The van der Waals surface area contributed by atoms with E-state index in [2.05, 4.69) is 19.1 Å². The molecule has 2 aromatic rings. The van der Waals surface area contributed by atoms with Crippen molar-refractivity contribution in [3.63, 3.8) is 0 Å². The second-order valence-corrected chi connectivity index (χ2v) is 9.78. The second-order valence-electron chi connectivity index (χ2n) is 9.78. The first-order valence-electron chi connectivity index (χ1n) is 10.7. The maximum atomic E-state index is 14.5. The van der Waals surface area contributed by atoms with Crippen LogP contribution in [0.25, 0.3) is 0 Å². The molecule has 0 unspecified atom stereocenters. The molecule has 0 radical (unpaired) electrons. The molecule has 2 atom stereocenters. The number of carbonyl (C=O) groups excluding carboxylic acids is 1. The van der Waals surface area contributed by atoms with Gasteiger partial charge in [-0.25, -0.2) is 4.79 Å². The van der Waals surface area contributed by atoms with E-state index in [9.17, 15) is 14.9 Å². The molecule has 4 heterocycles. The lowest BCUT2D eigenvalue weighted by molar-refractivity contribution is -0.122. The van der Waals surface area contributed by atoms with Gasteiger partial charge in [0.15, 0.2) is 5.41 Å². The number of aryl methyl sites for hydroxylation is 2. The van der Waals surface area contributed by atoms with Gasteiger partial charge in [0.2, 0.25) is 11.8 Å². The molecule has 164 valence electrons. The highest BCUT2D eigenvalue weighted by Crippen LogP contribution is 2.61. The summed E-state index contributed by atoms with van der Waals surface area (Å²) in [6.45, 7) is 11.7. The Balaban J connectivity index is 2.06. The van der Waals surface area contributed by atoms with Crippen LogP contribution in [0, 0.1) is 32.1 Å². The number of amides is 1. The number of hydrogen-bond acceptors (Lipinski definition) is 6. The number of fused-ring (bicyclic) bond motifs is 3. The number of anilines is 1. The molecule has 1 amide bonds. The number of nitriles is 1. The van der Waals surface area contributed by atoms with Gasteiger partial charge in [-0.3, -0.25) is 4.79 Å². The maximum Gasteiger partial charge on any atom is 0.344 e. The Hall–Kier alpha value is -3.53. The summed E-state index contributed by atoms with van der Waals surface area (Å²) in [7, 11) is 0. The largest absolute Gasteiger partial charge is 0.440 e. The van der Waals surface area contributed by atoms with Crippen molar-refractivity contribution in [1.82, 2.24) is 0 Å². The summed E-state index contributed by atoms with van der Waals surface area (Å²) in [6, 6.07) is 5.78. The van der Waals surface area contributed by atoms with Crippen LogP contribution < -0.4 is 21.0 Å². The molecule has 0 fully saturated rings. The van der Waals surface area contributed by atoms with Gasteiger partial charge in [-0.2, -0.15) is 5.26 Å². The van der Waals surface area contributed by atoms with Gasteiger partial charge in [0.1, 0.15) is 28.7 Å². The summed E-state index contributed by atoms with van der Waals surface area (Å²) in [5, 5.41) is 10.2. The lowest BCUT2D eigenvalue weighted by Crippen LogP contribution is -2.55. The van der Waals surface area contributed by atoms with Crippen molar-refractivity contribution in [1.29, 1.82) is 5.26 Å². The first kappa shape index (κ1) is 20.4. The standard InChI is InChI=1S/C25H25N3O4/c1-11-7-15-12(2)9-24(5,6)28-20(15)18(14(11)4)25(23(28)30)16(10-26)21(27)32-17-8-13(3)31-22(29)19(17)25/h7-8,12H,9,27H2,1-6H3/t12-,25-/m0/s1. The Morgan fingerprint density at radius 2 is 1.88 bits per heavy atom. The van der Waals surface area contributed by atoms with Gasteiger partial charge in [-0.1, -0.05) is 13.0 Å². The monoisotopic (exact) mass is 431 g/mol. The van der Waals surface area contributed by atoms with Crippen molar-refractivity contribution >= 4 is 11.6 Å². The Labute approximate surface area is 186 Å². The minimum absolute atomic E-state index is 0.0209. The summed E-state index contributed by atoms with van der Waals surface area (Å²) in [5.74, 6) is 0.152. The van der Waals surface area contributed by atoms with Gasteiger partial charge in [0.05, 0.1) is 5.69 Å². The van der Waals surface area contributed by atoms with E-state index in [1.807, 2.05) is 27.7 Å². The topological polar surface area (TPSA) is 110 Å². The number of nitrogens with zero attached hydrogens (tertiary/aromatic N) is 2. The molecule has 5 rings (SSSR count). The molecule has 7 heteroatoms. The third-order valence-corrected chi connectivity index (χ3v) is 7.28. The SMILES string of the molecule is Cc1cc2c(c(=O)o1)[C@]1(C(=O)N3c4c(cc(C)c(C)c41)[C@@H](C)CC3(C)C)C(C#N)=C(N)O2. The van der Waals surface area contributed by atoms with E-state index < -0.39 is 16.6 Å². The normalized spacial score (nSPS) is 24.8. The average molecular weight is 431 g/mol. The highest BCUT2D eigenvalue weighted by Gasteiger charge is 2.65. The van der Waals surface area contributed by atoms with Crippen LogP contribution in [0.4, 0.5) is 5.69 Å². The molecule has 0 aliphatic carbocycles. The molecule has 1 spiro atoms. The molecule has 2 N–H and O–H groups in total. The summed E-state index contributed by atoms with van der Waals surface area (Å²) < 4.78 is 11.1. The van der Waals surface area contributed by atoms with E-state index in [4.69, 9.17) is 14.9 Å². The van der Waals surface area contributed by atoms with Crippen LogP contribution >= 0.6 is 0 Å². The molecular formula is C25H25N3O4. The highest BCUT2D eigenvalue weighted by molar-refractivity contribution is 6.16. The third kappa shape index (κ3) is 2.15. The molecule has 1 aromatic heterocycles. The van der Waals surface area contributed by atoms with Crippen molar-refractivity contribution in [3.8, 4) is 11.8 Å². The lowest BCUT2D eigenvalue weighted by Gasteiger charge is -2.44. The van der Waals surface area contributed by atoms with Crippen LogP contribution in [0.5, 0.6) is 5.75 Å². The minimum atomic E-state index is -1.71. The summed E-state index contributed by atoms with van der Waals surface area (Å²) in [5.41, 5.74) is 7.53. The molecule has 7 nitrogen and oxygen atoms in total. The lowest BCUT2D eigenvalue weighted by atomic mass is 9.67. The number of hydrogen-bond donors (Lipinski definition) is 1. The molecule has 3 aliphatic heterocycles. The summed E-state index contributed by atoms with van der Waals surface area (Å²) in [6.07, 6.45) is 0.747. The maximum absolute atomic E-state index is 14.5. The Bertz CT molecular complexity index is 1380. The van der Waals surface area contributed by atoms with Gasteiger partial charge < -0.3 is 19.8 Å². The summed E-state index contributed by atoms with van der Waals surface area (Å²) >= 11 is 0. The smallest absolute Gasteiger partial charge is 0.344 e. The van der Waals surface area contributed by atoms with E-state index in [1.165, 1.54) is 0 Å². The van der Waals surface area contributed by atoms with Crippen molar-refractivity contribution in [2.75, 3.05) is 4.90 Å². The van der Waals surface area contributed by atoms with Crippen LogP contribution in [0.3, 0.4) is 0 Å². The number of carbonyl (C=O) groups is 1. The van der Waals surface area contributed by atoms with Gasteiger partial charge in [0, 0.05) is 17.2 Å². The second kappa shape index (κ2) is 6.04. The third-order valence-electron chi connectivity index (χ3n) is 7.28. The predicted molar refractivity (Wildman–Crippen MR) is 118 cm³/mol. The zero-order valence-corrected chi connectivity index (χ0v) is 19.0. The van der Waals surface area contributed by atoms with Crippen LogP contribution in [-0.2, 0) is 10.2 Å². The van der Waals surface area contributed by atoms with E-state index in [1.54, 1.807) is 17.9 Å². The molecule has 3 aliphatic rings. The van der Waals surface area contributed by atoms with Gasteiger partial charge in [-0.15, -0.1) is 0 Å². The number of rotatable bonds is 0. The van der Waals surface area contributed by atoms with Crippen molar-refractivity contribution in [3.05, 3.63) is 67.6 Å². The summed E-state index contributed by atoms with van der Waals surface area (Å²) in [4.78, 5) is 29.6. The number of nitrogens with two attached hydrogens (primary N) is 1. The van der Waals surface area contributed by atoms with Crippen LogP contribution in [0.15, 0.2) is 32.8 Å². The number of ether oxygens (including phenoxy) is 1. The predicted octanol–water partition coefficient (Wildman–Crippen LogP) is 3.57. The fourth-order valence-electron chi connectivity index (χ4n) is 5.99. The van der Waals surface area contributed by atoms with Crippen molar-refractivity contribution in [2.45, 2.75) is 64.8 Å². The molecule has 1 aromatic carbocycles. The zero-order chi connectivity index (χ0) is 23.3. The minimum Gasteiger partial charge on any atom is -0.440 e. The van der Waals surface area contributed by atoms with Gasteiger partial charge >= 0.3 is 5.63 Å². The quantitative estimate of drug-likeness (QED) is 0.683. The van der Waals surface area contributed by atoms with Gasteiger partial charge in [0.25, 0.3) is 0 Å². The fraction of sp³-hybridized carbons (Fsp3) is 0.400. The Morgan fingerprint density at radius 1 is 1.19 bits per heavy atom. The highest BCUT2D eigenvalue weighted by atomic mass is 16.5. The van der Waals surface area contributed by atoms with E-state index in [-0.39, 0.29) is 34.6 Å². The van der Waals surface area contributed by atoms with Crippen molar-refractivity contribution < 1.29 is 13.9 Å². The molecule has 0 bridgehead atoms. The van der Waals surface area contributed by atoms with E-state index in [0.717, 1.165) is 28.8 Å². The van der Waals surface area contributed by atoms with Crippen LogP contribution in [0.2, 0.25) is 0 Å². The first-order chi connectivity index (χ1) is 15.0. The molecule has 0 saturated heterocycles.